The number of ether oxygens (including phenoxy) is 1. The van der Waals surface area contributed by atoms with Crippen molar-refractivity contribution in [3.8, 4) is 11.6 Å². The average Bonchev–Trinajstić information content (AvgIpc) is 2.39. The number of benzene rings is 1. The summed E-state index contributed by atoms with van der Waals surface area (Å²) in [5.41, 5.74) is 0.803. The lowest BCUT2D eigenvalue weighted by Gasteiger charge is -2.06. The molecule has 0 aliphatic rings. The molecule has 0 saturated heterocycles. The molecule has 0 bridgehead atoms. The number of nitro groups is 1. The Bertz CT molecular complexity index is 619. The van der Waals surface area contributed by atoms with E-state index in [9.17, 15) is 10.1 Å². The Morgan fingerprint density at radius 3 is 2.79 bits per heavy atom. The molecule has 0 aliphatic carbocycles. The molecule has 2 rings (SSSR count). The summed E-state index contributed by atoms with van der Waals surface area (Å²) in [5.74, 6) is 0.405. The first-order valence-corrected chi connectivity index (χ1v) is 6.32. The predicted molar refractivity (Wildman–Crippen MR) is 72.3 cm³/mol. The number of rotatable bonds is 4. The maximum absolute atomic E-state index is 11.0. The molecule has 0 saturated carbocycles. The lowest BCUT2D eigenvalue weighted by Crippen LogP contribution is -1.96. The molecule has 1 aromatic heterocycles. The zero-order valence-corrected chi connectivity index (χ0v) is 11.6. The Morgan fingerprint density at radius 1 is 1.37 bits per heavy atom. The number of halogens is 1. The SMILES string of the molecule is CCc1ccc(Oc2cc(Br)ncn2)c([N+](=O)[O-])c1. The first-order chi connectivity index (χ1) is 9.10. The van der Waals surface area contributed by atoms with E-state index in [1.54, 1.807) is 12.1 Å². The Balaban J connectivity index is 2.36. The summed E-state index contributed by atoms with van der Waals surface area (Å²) >= 11 is 3.18. The van der Waals surface area contributed by atoms with Crippen LogP contribution in [-0.2, 0) is 6.42 Å². The van der Waals surface area contributed by atoms with Gasteiger partial charge in [-0.2, -0.15) is 0 Å². The van der Waals surface area contributed by atoms with Gasteiger partial charge in [0.25, 0.3) is 0 Å². The Kier molecular flexibility index (Phi) is 4.06. The van der Waals surface area contributed by atoms with Crippen LogP contribution in [-0.4, -0.2) is 14.9 Å². The molecule has 19 heavy (non-hydrogen) atoms. The van der Waals surface area contributed by atoms with E-state index in [2.05, 4.69) is 25.9 Å². The van der Waals surface area contributed by atoms with E-state index in [-0.39, 0.29) is 17.3 Å². The molecule has 1 heterocycles. The molecule has 0 amide bonds. The standard InChI is InChI=1S/C12H10BrN3O3/c1-2-8-3-4-10(9(5-8)16(17)18)19-12-6-11(13)14-7-15-12/h3-7H,2H2,1H3. The lowest BCUT2D eigenvalue weighted by molar-refractivity contribution is -0.385. The second-order valence-electron chi connectivity index (χ2n) is 3.69. The summed E-state index contributed by atoms with van der Waals surface area (Å²) in [5, 5.41) is 11.0. The number of aryl methyl sites for hydroxylation is 1. The third-order valence-corrected chi connectivity index (χ3v) is 2.89. The van der Waals surface area contributed by atoms with Gasteiger partial charge in [0.1, 0.15) is 10.9 Å². The highest BCUT2D eigenvalue weighted by atomic mass is 79.9. The molecule has 0 radical (unpaired) electrons. The highest BCUT2D eigenvalue weighted by molar-refractivity contribution is 9.10. The first kappa shape index (κ1) is 13.4. The van der Waals surface area contributed by atoms with Gasteiger partial charge in [-0.05, 0) is 34.0 Å². The Hall–Kier alpha value is -2.02. The fourth-order valence-corrected chi connectivity index (χ4v) is 1.79. The Morgan fingerprint density at radius 2 is 2.16 bits per heavy atom. The van der Waals surface area contributed by atoms with Crippen molar-refractivity contribution in [1.82, 2.24) is 9.97 Å². The van der Waals surface area contributed by atoms with Crippen LogP contribution in [0.2, 0.25) is 0 Å². The predicted octanol–water partition coefficient (Wildman–Crippen LogP) is 3.50. The quantitative estimate of drug-likeness (QED) is 0.488. The number of nitro benzene ring substituents is 1. The number of hydrogen-bond donors (Lipinski definition) is 0. The van der Waals surface area contributed by atoms with E-state index in [0.717, 1.165) is 12.0 Å². The molecule has 7 heteroatoms. The third kappa shape index (κ3) is 3.25. The van der Waals surface area contributed by atoms with Gasteiger partial charge in [-0.25, -0.2) is 9.97 Å². The summed E-state index contributed by atoms with van der Waals surface area (Å²) < 4.78 is 5.97. The van der Waals surface area contributed by atoms with Gasteiger partial charge < -0.3 is 4.74 Å². The minimum absolute atomic E-state index is 0.0749. The van der Waals surface area contributed by atoms with Gasteiger partial charge in [0.15, 0.2) is 0 Å². The maximum Gasteiger partial charge on any atom is 0.311 e. The maximum atomic E-state index is 11.0. The molecule has 2 aromatic rings. The molecule has 0 spiro atoms. The number of nitrogens with zero attached hydrogens (tertiary/aromatic N) is 3. The smallest absolute Gasteiger partial charge is 0.311 e. The lowest BCUT2D eigenvalue weighted by atomic mass is 10.1. The van der Waals surface area contributed by atoms with Crippen LogP contribution in [0.25, 0.3) is 0 Å². The van der Waals surface area contributed by atoms with E-state index in [1.165, 1.54) is 18.5 Å². The van der Waals surface area contributed by atoms with Crippen LogP contribution < -0.4 is 4.74 Å². The molecule has 0 atom stereocenters. The molecular weight excluding hydrogens is 314 g/mol. The van der Waals surface area contributed by atoms with Crippen LogP contribution in [0, 0.1) is 10.1 Å². The van der Waals surface area contributed by atoms with Crippen LogP contribution in [0.5, 0.6) is 11.6 Å². The van der Waals surface area contributed by atoms with Gasteiger partial charge in [0.2, 0.25) is 11.6 Å². The number of hydrogen-bond acceptors (Lipinski definition) is 5. The third-order valence-electron chi connectivity index (χ3n) is 2.45. The van der Waals surface area contributed by atoms with Gasteiger partial charge >= 0.3 is 5.69 Å². The molecular formula is C12H10BrN3O3. The molecule has 6 nitrogen and oxygen atoms in total. The van der Waals surface area contributed by atoms with Crippen LogP contribution in [0.15, 0.2) is 35.2 Å². The fraction of sp³-hybridized carbons (Fsp3) is 0.167. The van der Waals surface area contributed by atoms with Crippen molar-refractivity contribution in [2.45, 2.75) is 13.3 Å². The summed E-state index contributed by atoms with van der Waals surface area (Å²) in [6.07, 6.45) is 2.03. The summed E-state index contributed by atoms with van der Waals surface area (Å²) in [7, 11) is 0. The molecule has 98 valence electrons. The number of aromatic nitrogens is 2. The zero-order chi connectivity index (χ0) is 13.8. The highest BCUT2D eigenvalue weighted by Crippen LogP contribution is 2.31. The van der Waals surface area contributed by atoms with Crippen molar-refractivity contribution in [3.05, 3.63) is 50.9 Å². The van der Waals surface area contributed by atoms with E-state index in [4.69, 9.17) is 4.74 Å². The molecule has 1 aromatic carbocycles. The first-order valence-electron chi connectivity index (χ1n) is 5.53. The highest BCUT2D eigenvalue weighted by Gasteiger charge is 2.17. The van der Waals surface area contributed by atoms with E-state index in [0.29, 0.717) is 4.60 Å². The zero-order valence-electron chi connectivity index (χ0n) is 10.0. The van der Waals surface area contributed by atoms with Crippen LogP contribution in [0.3, 0.4) is 0 Å². The summed E-state index contributed by atoms with van der Waals surface area (Å²) in [6.45, 7) is 1.93. The van der Waals surface area contributed by atoms with Gasteiger partial charge in [-0.1, -0.05) is 13.0 Å². The molecule has 0 N–H and O–H groups in total. The minimum Gasteiger partial charge on any atom is -0.432 e. The Labute approximate surface area is 117 Å². The van der Waals surface area contributed by atoms with Gasteiger partial charge in [0, 0.05) is 12.1 Å². The fourth-order valence-electron chi connectivity index (χ4n) is 1.50. The van der Waals surface area contributed by atoms with Crippen molar-refractivity contribution in [3.63, 3.8) is 0 Å². The van der Waals surface area contributed by atoms with Crippen LogP contribution in [0.4, 0.5) is 5.69 Å². The normalized spacial score (nSPS) is 10.2. The van der Waals surface area contributed by atoms with Crippen LogP contribution in [0.1, 0.15) is 12.5 Å². The topological polar surface area (TPSA) is 78.2 Å². The molecule has 0 aliphatic heterocycles. The van der Waals surface area contributed by atoms with Crippen molar-refractivity contribution in [1.29, 1.82) is 0 Å². The summed E-state index contributed by atoms with van der Waals surface area (Å²) in [4.78, 5) is 18.3. The van der Waals surface area contributed by atoms with Gasteiger partial charge in [-0.3, -0.25) is 10.1 Å². The van der Waals surface area contributed by atoms with E-state index in [1.807, 2.05) is 6.92 Å². The van der Waals surface area contributed by atoms with Crippen molar-refractivity contribution < 1.29 is 9.66 Å². The van der Waals surface area contributed by atoms with Gasteiger partial charge in [0.05, 0.1) is 4.92 Å². The van der Waals surface area contributed by atoms with E-state index < -0.39 is 4.92 Å². The minimum atomic E-state index is -0.468. The average molecular weight is 324 g/mol. The monoisotopic (exact) mass is 323 g/mol. The molecule has 0 unspecified atom stereocenters. The van der Waals surface area contributed by atoms with E-state index >= 15 is 0 Å². The second kappa shape index (κ2) is 5.75. The largest absolute Gasteiger partial charge is 0.432 e. The molecule has 0 fully saturated rings. The van der Waals surface area contributed by atoms with Crippen molar-refractivity contribution in [2.75, 3.05) is 0 Å². The van der Waals surface area contributed by atoms with Crippen molar-refractivity contribution in [2.24, 2.45) is 0 Å². The summed E-state index contributed by atoms with van der Waals surface area (Å²) in [6, 6.07) is 6.41. The second-order valence-corrected chi connectivity index (χ2v) is 4.51. The van der Waals surface area contributed by atoms with Crippen molar-refractivity contribution >= 4 is 21.6 Å². The van der Waals surface area contributed by atoms with Crippen LogP contribution >= 0.6 is 15.9 Å². The van der Waals surface area contributed by atoms with Gasteiger partial charge in [-0.15, -0.1) is 0 Å².